The zero-order chi connectivity index (χ0) is 13.0. The third-order valence-corrected chi connectivity index (χ3v) is 3.33. The van der Waals surface area contributed by atoms with Gasteiger partial charge in [0.05, 0.1) is 0 Å². The van der Waals surface area contributed by atoms with E-state index in [9.17, 15) is 0 Å². The van der Waals surface area contributed by atoms with Gasteiger partial charge in [-0.3, -0.25) is 4.98 Å². The van der Waals surface area contributed by atoms with Crippen LogP contribution >= 0.6 is 15.9 Å². The lowest BCUT2D eigenvalue weighted by Crippen LogP contribution is -2.32. The predicted octanol–water partition coefficient (Wildman–Crippen LogP) is 3.02. The SMILES string of the molecule is CC(C)N(CCCBr)c1ccc2nccnc2n1. The molecule has 0 aliphatic heterocycles. The molecule has 0 N–H and O–H groups in total. The van der Waals surface area contributed by atoms with Gasteiger partial charge in [-0.15, -0.1) is 0 Å². The summed E-state index contributed by atoms with van der Waals surface area (Å²) in [5, 5.41) is 1.00. The molecule has 0 amide bonds. The molecule has 0 aliphatic rings. The maximum atomic E-state index is 4.59. The molecule has 96 valence electrons. The highest BCUT2D eigenvalue weighted by molar-refractivity contribution is 9.09. The molecule has 0 fully saturated rings. The molecule has 0 saturated heterocycles. The Hall–Kier alpha value is -1.23. The average molecular weight is 309 g/mol. The summed E-state index contributed by atoms with van der Waals surface area (Å²) in [4.78, 5) is 15.4. The van der Waals surface area contributed by atoms with E-state index < -0.39 is 0 Å². The maximum absolute atomic E-state index is 4.59. The molecular weight excluding hydrogens is 292 g/mol. The molecule has 0 spiro atoms. The van der Waals surface area contributed by atoms with E-state index >= 15 is 0 Å². The molecular formula is C13H17BrN4. The van der Waals surface area contributed by atoms with Crippen molar-refractivity contribution in [3.63, 3.8) is 0 Å². The third kappa shape index (κ3) is 2.96. The number of fused-ring (bicyclic) bond motifs is 1. The van der Waals surface area contributed by atoms with Crippen LogP contribution in [0.15, 0.2) is 24.5 Å². The lowest BCUT2D eigenvalue weighted by Gasteiger charge is -2.27. The Morgan fingerprint density at radius 1 is 1.22 bits per heavy atom. The summed E-state index contributed by atoms with van der Waals surface area (Å²) in [6.45, 7) is 5.34. The van der Waals surface area contributed by atoms with E-state index in [4.69, 9.17) is 0 Å². The summed E-state index contributed by atoms with van der Waals surface area (Å²) in [5.74, 6) is 0.971. The second kappa shape index (κ2) is 6.09. The summed E-state index contributed by atoms with van der Waals surface area (Å²) in [6, 6.07) is 4.42. The fourth-order valence-corrected chi connectivity index (χ4v) is 2.12. The van der Waals surface area contributed by atoms with Gasteiger partial charge in [0.1, 0.15) is 11.3 Å². The number of hydrogen-bond acceptors (Lipinski definition) is 4. The number of pyridine rings is 1. The molecule has 0 aromatic carbocycles. The molecule has 2 heterocycles. The lowest BCUT2D eigenvalue weighted by atomic mass is 10.2. The Balaban J connectivity index is 2.32. The second-order valence-corrected chi connectivity index (χ2v) is 5.19. The van der Waals surface area contributed by atoms with Crippen molar-refractivity contribution >= 4 is 32.9 Å². The molecule has 0 radical (unpaired) electrons. The van der Waals surface area contributed by atoms with Crippen molar-refractivity contribution in [3.8, 4) is 0 Å². The van der Waals surface area contributed by atoms with Crippen LogP contribution in [0, 0.1) is 0 Å². The lowest BCUT2D eigenvalue weighted by molar-refractivity contribution is 0.666. The molecule has 5 heteroatoms. The van der Waals surface area contributed by atoms with Gasteiger partial charge in [0.15, 0.2) is 5.65 Å². The van der Waals surface area contributed by atoms with Crippen LogP contribution in [0.3, 0.4) is 0 Å². The number of alkyl halides is 1. The highest BCUT2D eigenvalue weighted by Gasteiger charge is 2.12. The number of nitrogens with zero attached hydrogens (tertiary/aromatic N) is 4. The molecule has 18 heavy (non-hydrogen) atoms. The fourth-order valence-electron chi connectivity index (χ4n) is 1.87. The zero-order valence-corrected chi connectivity index (χ0v) is 12.3. The molecule has 2 aromatic rings. The maximum Gasteiger partial charge on any atom is 0.180 e. The summed E-state index contributed by atoms with van der Waals surface area (Å²) in [5.41, 5.74) is 1.55. The minimum atomic E-state index is 0.422. The number of hydrogen-bond donors (Lipinski definition) is 0. The number of rotatable bonds is 5. The van der Waals surface area contributed by atoms with Crippen molar-refractivity contribution in [1.82, 2.24) is 15.0 Å². The first-order chi connectivity index (χ1) is 8.72. The van der Waals surface area contributed by atoms with Crippen LogP contribution in [-0.4, -0.2) is 32.9 Å². The zero-order valence-electron chi connectivity index (χ0n) is 10.7. The molecule has 0 unspecified atom stereocenters. The number of aromatic nitrogens is 3. The molecule has 4 nitrogen and oxygen atoms in total. The largest absolute Gasteiger partial charge is 0.354 e. The highest BCUT2D eigenvalue weighted by Crippen LogP contribution is 2.17. The van der Waals surface area contributed by atoms with Crippen LogP contribution in [0.4, 0.5) is 5.82 Å². The monoisotopic (exact) mass is 308 g/mol. The molecule has 0 atom stereocenters. The topological polar surface area (TPSA) is 41.9 Å². The fraction of sp³-hybridized carbons (Fsp3) is 0.462. The van der Waals surface area contributed by atoms with Crippen molar-refractivity contribution in [1.29, 1.82) is 0 Å². The van der Waals surface area contributed by atoms with Crippen LogP contribution in [0.1, 0.15) is 20.3 Å². The smallest absolute Gasteiger partial charge is 0.180 e. The van der Waals surface area contributed by atoms with Gasteiger partial charge in [0, 0.05) is 30.3 Å². The Labute approximate surface area is 116 Å². The molecule has 2 aromatic heterocycles. The van der Waals surface area contributed by atoms with E-state index in [0.29, 0.717) is 11.7 Å². The van der Waals surface area contributed by atoms with E-state index in [1.54, 1.807) is 12.4 Å². The Morgan fingerprint density at radius 2 is 2.00 bits per heavy atom. The van der Waals surface area contributed by atoms with Crippen LogP contribution in [0.5, 0.6) is 0 Å². The Morgan fingerprint density at radius 3 is 2.72 bits per heavy atom. The summed E-state index contributed by atoms with van der Waals surface area (Å²) in [6.07, 6.45) is 4.46. The van der Waals surface area contributed by atoms with Gasteiger partial charge < -0.3 is 4.90 Å². The first-order valence-corrected chi connectivity index (χ1v) is 7.25. The molecule has 2 rings (SSSR count). The van der Waals surface area contributed by atoms with Gasteiger partial charge in [-0.1, -0.05) is 15.9 Å². The summed E-state index contributed by atoms with van der Waals surface area (Å²) in [7, 11) is 0. The van der Waals surface area contributed by atoms with Gasteiger partial charge in [-0.2, -0.15) is 0 Å². The van der Waals surface area contributed by atoms with Crippen molar-refractivity contribution < 1.29 is 0 Å². The van der Waals surface area contributed by atoms with Crippen molar-refractivity contribution in [2.45, 2.75) is 26.3 Å². The third-order valence-electron chi connectivity index (χ3n) is 2.77. The van der Waals surface area contributed by atoms with Crippen molar-refractivity contribution in [2.75, 3.05) is 16.8 Å². The van der Waals surface area contributed by atoms with Gasteiger partial charge >= 0.3 is 0 Å². The highest BCUT2D eigenvalue weighted by atomic mass is 79.9. The van der Waals surface area contributed by atoms with Gasteiger partial charge in [0.25, 0.3) is 0 Å². The predicted molar refractivity (Wildman–Crippen MR) is 78.2 cm³/mol. The van der Waals surface area contributed by atoms with Crippen LogP contribution in [0.2, 0.25) is 0 Å². The number of halogens is 1. The van der Waals surface area contributed by atoms with Gasteiger partial charge in [0.2, 0.25) is 0 Å². The van der Waals surface area contributed by atoms with E-state index in [1.807, 2.05) is 12.1 Å². The van der Waals surface area contributed by atoms with E-state index in [-0.39, 0.29) is 0 Å². The number of anilines is 1. The van der Waals surface area contributed by atoms with Gasteiger partial charge in [-0.05, 0) is 32.4 Å². The summed E-state index contributed by atoms with van der Waals surface area (Å²) >= 11 is 3.47. The Kier molecular flexibility index (Phi) is 4.47. The van der Waals surface area contributed by atoms with Crippen molar-refractivity contribution in [3.05, 3.63) is 24.5 Å². The van der Waals surface area contributed by atoms with Crippen LogP contribution < -0.4 is 4.90 Å². The van der Waals surface area contributed by atoms with Crippen molar-refractivity contribution in [2.24, 2.45) is 0 Å². The van der Waals surface area contributed by atoms with Crippen LogP contribution in [-0.2, 0) is 0 Å². The van der Waals surface area contributed by atoms with Crippen LogP contribution in [0.25, 0.3) is 11.2 Å². The molecule has 0 bridgehead atoms. The summed E-state index contributed by atoms with van der Waals surface area (Å²) < 4.78 is 0. The van der Waals surface area contributed by atoms with E-state index in [2.05, 4.69) is 49.6 Å². The van der Waals surface area contributed by atoms with Gasteiger partial charge in [-0.25, -0.2) is 9.97 Å². The minimum absolute atomic E-state index is 0.422. The standard InChI is InChI=1S/C13H17BrN4/c1-10(2)18(9-3-6-14)12-5-4-11-13(17-12)16-8-7-15-11/h4-5,7-8,10H,3,6,9H2,1-2H3. The molecule has 0 saturated carbocycles. The van der Waals surface area contributed by atoms with E-state index in [1.165, 1.54) is 0 Å². The Bertz CT molecular complexity index is 515. The normalized spacial score (nSPS) is 11.1. The quantitative estimate of drug-likeness (QED) is 0.796. The molecule has 0 aliphatic carbocycles. The first kappa shape index (κ1) is 13.2. The minimum Gasteiger partial charge on any atom is -0.354 e. The first-order valence-electron chi connectivity index (χ1n) is 6.12. The van der Waals surface area contributed by atoms with E-state index in [0.717, 1.165) is 29.6 Å². The second-order valence-electron chi connectivity index (χ2n) is 4.40. The average Bonchev–Trinajstić information content (AvgIpc) is 2.38.